The van der Waals surface area contributed by atoms with Gasteiger partial charge in [0.2, 0.25) is 0 Å². The van der Waals surface area contributed by atoms with Crippen LogP contribution in [0.3, 0.4) is 0 Å². The lowest BCUT2D eigenvalue weighted by atomic mass is 9.83. The fourth-order valence-electron chi connectivity index (χ4n) is 3.50. The molecule has 7 heteroatoms. The van der Waals surface area contributed by atoms with Crippen LogP contribution in [0, 0.1) is 6.92 Å². The van der Waals surface area contributed by atoms with E-state index in [0.717, 1.165) is 0 Å². The number of ketones is 2. The molecule has 1 aliphatic rings. The van der Waals surface area contributed by atoms with Crippen LogP contribution in [-0.2, 0) is 9.53 Å². The highest BCUT2D eigenvalue weighted by Gasteiger charge is 2.32. The number of anilines is 1. The summed E-state index contributed by atoms with van der Waals surface area (Å²) >= 11 is 0. The first-order valence-electron chi connectivity index (χ1n) is 9.91. The van der Waals surface area contributed by atoms with Crippen molar-refractivity contribution in [3.63, 3.8) is 0 Å². The number of hydrogen-bond donors (Lipinski definition) is 2. The average molecular weight is 429 g/mol. The van der Waals surface area contributed by atoms with Gasteiger partial charge < -0.3 is 15.2 Å². The summed E-state index contributed by atoms with van der Waals surface area (Å²) < 4.78 is 5.20. The summed E-state index contributed by atoms with van der Waals surface area (Å²) in [6.07, 6.45) is -1.19. The lowest BCUT2D eigenvalue weighted by molar-refractivity contribution is -0.123. The van der Waals surface area contributed by atoms with Gasteiger partial charge in [-0.15, -0.1) is 0 Å². The molecule has 1 amide bonds. The predicted octanol–water partition coefficient (Wildman–Crippen LogP) is 3.66. The van der Waals surface area contributed by atoms with Gasteiger partial charge in [0.25, 0.3) is 5.91 Å². The van der Waals surface area contributed by atoms with Crippen LogP contribution in [0.15, 0.2) is 60.7 Å². The molecule has 0 aromatic heterocycles. The number of carbonyl (C=O) groups excluding carboxylic acids is 4. The summed E-state index contributed by atoms with van der Waals surface area (Å²) in [6.45, 7) is 3.07. The average Bonchev–Trinajstić information content (AvgIpc) is 2.79. The van der Waals surface area contributed by atoms with Gasteiger partial charge in [-0.25, -0.2) is 4.79 Å². The molecule has 2 N–H and O–H groups in total. The lowest BCUT2D eigenvalue weighted by Crippen LogP contribution is -2.31. The molecule has 0 radical (unpaired) electrons. The smallest absolute Gasteiger partial charge is 0.339 e. The molecule has 0 aliphatic heterocycles. The monoisotopic (exact) mass is 429 g/mol. The minimum absolute atomic E-state index is 0.0593. The zero-order valence-electron chi connectivity index (χ0n) is 17.3. The van der Waals surface area contributed by atoms with Crippen molar-refractivity contribution in [2.75, 3.05) is 5.32 Å². The van der Waals surface area contributed by atoms with E-state index in [2.05, 4.69) is 5.32 Å². The van der Waals surface area contributed by atoms with Crippen LogP contribution < -0.4 is 5.32 Å². The number of rotatable bonds is 4. The number of aryl methyl sites for hydroxylation is 1. The second-order valence-electron chi connectivity index (χ2n) is 7.47. The molecule has 1 atom stereocenters. The van der Waals surface area contributed by atoms with Crippen molar-refractivity contribution in [3.05, 3.63) is 94.0 Å². The number of hydrogen-bond acceptors (Lipinski definition) is 6. The molecule has 32 heavy (non-hydrogen) atoms. The Kier molecular flexibility index (Phi) is 5.32. The zero-order chi connectivity index (χ0) is 23.0. The Labute approximate surface area is 183 Å². The Morgan fingerprint density at radius 2 is 1.56 bits per heavy atom. The van der Waals surface area contributed by atoms with Gasteiger partial charge in [0.05, 0.1) is 16.8 Å². The van der Waals surface area contributed by atoms with E-state index in [1.807, 2.05) is 0 Å². The third kappa shape index (κ3) is 3.65. The number of fused-ring (bicyclic) bond motifs is 2. The highest BCUT2D eigenvalue weighted by atomic mass is 16.5. The standard InChI is InChI=1S/C25H19NO6/c1-13-10-11-15(12-20(13)27)25(31)32-14(2)24(30)26-19-9-5-8-18-21(19)23(29)17-7-4-3-6-16(17)22(18)28/h3-12,14,27H,1-2H3,(H,26,30). The number of benzene rings is 3. The van der Waals surface area contributed by atoms with E-state index in [9.17, 15) is 24.3 Å². The first kappa shape index (κ1) is 21.0. The van der Waals surface area contributed by atoms with Crippen LogP contribution in [0.4, 0.5) is 5.69 Å². The van der Waals surface area contributed by atoms with E-state index in [0.29, 0.717) is 11.1 Å². The molecule has 0 saturated heterocycles. The van der Waals surface area contributed by atoms with E-state index >= 15 is 0 Å². The minimum atomic E-state index is -1.19. The van der Waals surface area contributed by atoms with Crippen LogP contribution in [0.5, 0.6) is 5.75 Å². The predicted molar refractivity (Wildman–Crippen MR) is 116 cm³/mol. The molecule has 3 aromatic rings. The van der Waals surface area contributed by atoms with Gasteiger partial charge >= 0.3 is 5.97 Å². The SMILES string of the molecule is Cc1ccc(C(=O)OC(C)C(=O)Nc2cccc3c2C(=O)c2ccccc2C3=O)cc1O. The van der Waals surface area contributed by atoms with Crippen molar-refractivity contribution >= 4 is 29.1 Å². The van der Waals surface area contributed by atoms with E-state index in [1.165, 1.54) is 31.2 Å². The maximum absolute atomic E-state index is 13.0. The zero-order valence-corrected chi connectivity index (χ0v) is 17.3. The molecule has 1 aliphatic carbocycles. The maximum Gasteiger partial charge on any atom is 0.339 e. The number of amides is 1. The summed E-state index contributed by atoms with van der Waals surface area (Å²) in [5.74, 6) is -2.17. The summed E-state index contributed by atoms with van der Waals surface area (Å²) in [7, 11) is 0. The number of aromatic hydroxyl groups is 1. The van der Waals surface area contributed by atoms with Gasteiger partial charge in [-0.1, -0.05) is 42.5 Å². The van der Waals surface area contributed by atoms with E-state index in [1.54, 1.807) is 43.3 Å². The number of ether oxygens (including phenoxy) is 1. The number of phenolic OH excluding ortho intramolecular Hbond substituents is 1. The molecular formula is C25H19NO6. The Morgan fingerprint density at radius 3 is 2.25 bits per heavy atom. The van der Waals surface area contributed by atoms with Gasteiger partial charge in [-0.05, 0) is 37.6 Å². The fraction of sp³-hybridized carbons (Fsp3) is 0.120. The second kappa shape index (κ2) is 8.11. The number of phenols is 1. The van der Waals surface area contributed by atoms with Crippen LogP contribution >= 0.6 is 0 Å². The summed E-state index contributed by atoms with van der Waals surface area (Å²) in [5.41, 5.74) is 1.75. The maximum atomic E-state index is 13.0. The first-order valence-corrected chi connectivity index (χ1v) is 9.91. The first-order chi connectivity index (χ1) is 15.3. The van der Waals surface area contributed by atoms with Gasteiger partial charge in [0, 0.05) is 16.7 Å². The van der Waals surface area contributed by atoms with Crippen molar-refractivity contribution in [1.29, 1.82) is 0 Å². The highest BCUT2D eigenvalue weighted by Crippen LogP contribution is 2.32. The lowest BCUT2D eigenvalue weighted by Gasteiger charge is -2.21. The Morgan fingerprint density at radius 1 is 0.906 bits per heavy atom. The van der Waals surface area contributed by atoms with Crippen molar-refractivity contribution < 1.29 is 29.0 Å². The number of carbonyl (C=O) groups is 4. The quantitative estimate of drug-likeness (QED) is 0.479. The summed E-state index contributed by atoms with van der Waals surface area (Å²) in [6, 6.07) is 15.4. The Hall–Kier alpha value is -4.26. The van der Waals surface area contributed by atoms with Crippen LogP contribution in [0.1, 0.15) is 54.7 Å². The summed E-state index contributed by atoms with van der Waals surface area (Å²) in [5, 5.41) is 12.4. The molecule has 0 fully saturated rings. The van der Waals surface area contributed by atoms with E-state index in [-0.39, 0.29) is 45.3 Å². The molecule has 1 unspecified atom stereocenters. The third-order valence-corrected chi connectivity index (χ3v) is 5.31. The Bertz CT molecular complexity index is 1290. The van der Waals surface area contributed by atoms with Gasteiger partial charge in [0.15, 0.2) is 17.7 Å². The van der Waals surface area contributed by atoms with Gasteiger partial charge in [-0.3, -0.25) is 14.4 Å². The largest absolute Gasteiger partial charge is 0.508 e. The molecule has 7 nitrogen and oxygen atoms in total. The highest BCUT2D eigenvalue weighted by molar-refractivity contribution is 6.30. The molecule has 0 heterocycles. The van der Waals surface area contributed by atoms with Gasteiger partial charge in [-0.2, -0.15) is 0 Å². The Balaban J connectivity index is 1.55. The second-order valence-corrected chi connectivity index (χ2v) is 7.47. The van der Waals surface area contributed by atoms with Crippen LogP contribution in [0.25, 0.3) is 0 Å². The van der Waals surface area contributed by atoms with Crippen LogP contribution in [0.2, 0.25) is 0 Å². The molecule has 4 rings (SSSR count). The topological polar surface area (TPSA) is 110 Å². The van der Waals surface area contributed by atoms with Crippen molar-refractivity contribution in [1.82, 2.24) is 0 Å². The van der Waals surface area contributed by atoms with Gasteiger partial charge in [0.1, 0.15) is 5.75 Å². The van der Waals surface area contributed by atoms with Crippen molar-refractivity contribution in [2.24, 2.45) is 0 Å². The van der Waals surface area contributed by atoms with Crippen LogP contribution in [-0.4, -0.2) is 34.7 Å². The minimum Gasteiger partial charge on any atom is -0.508 e. The number of nitrogens with one attached hydrogen (secondary N) is 1. The fourth-order valence-corrected chi connectivity index (χ4v) is 3.50. The molecule has 0 bridgehead atoms. The normalized spacial score (nSPS) is 13.1. The van der Waals surface area contributed by atoms with Crippen molar-refractivity contribution in [3.8, 4) is 5.75 Å². The number of esters is 1. The van der Waals surface area contributed by atoms with Crippen molar-refractivity contribution in [2.45, 2.75) is 20.0 Å². The molecule has 0 spiro atoms. The third-order valence-electron chi connectivity index (χ3n) is 5.31. The molecule has 0 saturated carbocycles. The molecule has 160 valence electrons. The molecule has 3 aromatic carbocycles. The van der Waals surface area contributed by atoms with E-state index < -0.39 is 18.0 Å². The molecular weight excluding hydrogens is 410 g/mol. The summed E-state index contributed by atoms with van der Waals surface area (Å²) in [4.78, 5) is 50.9. The van der Waals surface area contributed by atoms with E-state index in [4.69, 9.17) is 4.74 Å².